The number of hydrogen-bond donors (Lipinski definition) is 1. The number of aliphatic carboxylic acids is 1. The topological polar surface area (TPSA) is 37.3 Å². The molecule has 15 heteroatoms. The minimum absolute atomic E-state index is 3.05. The maximum atomic E-state index is 12.8. The molecule has 0 aliphatic carbocycles. The number of carboxylic acids is 1. The van der Waals surface area contributed by atoms with Gasteiger partial charge in [0.1, 0.15) is 0 Å². The molecular formula is C9HF13O2. The third kappa shape index (κ3) is 3.28. The van der Waals surface area contributed by atoms with Gasteiger partial charge in [0.2, 0.25) is 17.5 Å². The summed E-state index contributed by atoms with van der Waals surface area (Å²) >= 11 is 0. The zero-order chi connectivity index (χ0) is 19.9. The third-order valence-corrected chi connectivity index (χ3v) is 2.19. The second-order valence-corrected chi connectivity index (χ2v) is 3.78. The van der Waals surface area contributed by atoms with Gasteiger partial charge in [-0.3, -0.25) is 0 Å². The van der Waals surface area contributed by atoms with Crippen LogP contribution in [-0.4, -0.2) is 35.0 Å². The summed E-state index contributed by atoms with van der Waals surface area (Å²) in [6.45, 7) is 0. The van der Waals surface area contributed by atoms with Gasteiger partial charge < -0.3 is 5.11 Å². The molecule has 0 rings (SSSR count). The summed E-state index contributed by atoms with van der Waals surface area (Å²) in [5.41, 5.74) is 0. The quantitative estimate of drug-likeness (QED) is 0.416. The van der Waals surface area contributed by atoms with Crippen molar-refractivity contribution in [3.63, 3.8) is 0 Å². The first-order chi connectivity index (χ1) is 10.3. The fourth-order valence-electron chi connectivity index (χ4n) is 0.937. The Hall–Kier alpha value is -1.96. The number of carboxylic acid groups (broad SMARTS) is 1. The van der Waals surface area contributed by atoms with Gasteiger partial charge in [-0.05, 0) is 0 Å². The zero-order valence-electron chi connectivity index (χ0n) is 10.3. The van der Waals surface area contributed by atoms with Gasteiger partial charge in [-0.1, -0.05) is 0 Å². The van der Waals surface area contributed by atoms with Crippen LogP contribution in [-0.2, 0) is 4.79 Å². The number of halogens is 13. The van der Waals surface area contributed by atoms with E-state index in [1.807, 2.05) is 0 Å². The van der Waals surface area contributed by atoms with Crippen molar-refractivity contribution in [3.8, 4) is 0 Å². The van der Waals surface area contributed by atoms with Gasteiger partial charge in [-0.2, -0.15) is 43.9 Å². The lowest BCUT2D eigenvalue weighted by Gasteiger charge is -2.32. The molecule has 0 saturated carbocycles. The molecule has 2 nitrogen and oxygen atoms in total. The van der Waals surface area contributed by atoms with E-state index in [0.29, 0.717) is 0 Å². The Morgan fingerprint density at radius 1 is 0.625 bits per heavy atom. The number of alkyl halides is 9. The van der Waals surface area contributed by atoms with E-state index in [1.165, 1.54) is 0 Å². The molecule has 0 radical (unpaired) electrons. The molecule has 0 heterocycles. The van der Waals surface area contributed by atoms with Crippen LogP contribution in [0.4, 0.5) is 57.1 Å². The van der Waals surface area contributed by atoms with Gasteiger partial charge in [0.05, 0.1) is 0 Å². The van der Waals surface area contributed by atoms with Crippen LogP contribution in [0.3, 0.4) is 0 Å². The van der Waals surface area contributed by atoms with Crippen molar-refractivity contribution >= 4 is 5.97 Å². The molecular weight excluding hydrogens is 387 g/mol. The lowest BCUT2D eigenvalue weighted by atomic mass is 10.0. The van der Waals surface area contributed by atoms with Crippen LogP contribution in [0.2, 0.25) is 0 Å². The fraction of sp³-hybridized carbons (Fsp3) is 0.444. The van der Waals surface area contributed by atoms with Crippen LogP contribution in [0.1, 0.15) is 0 Å². The Bertz CT molecular complexity index is 583. The second-order valence-electron chi connectivity index (χ2n) is 3.78. The van der Waals surface area contributed by atoms with E-state index in [9.17, 15) is 61.9 Å². The summed E-state index contributed by atoms with van der Waals surface area (Å²) in [6, 6.07) is 0. The Balaban J connectivity index is 6.39. The molecule has 0 fully saturated rings. The van der Waals surface area contributed by atoms with E-state index in [0.717, 1.165) is 0 Å². The highest BCUT2D eigenvalue weighted by Crippen LogP contribution is 2.56. The molecule has 0 aromatic heterocycles. The lowest BCUT2D eigenvalue weighted by molar-refractivity contribution is -0.391. The number of hydrogen-bond acceptors (Lipinski definition) is 1. The first kappa shape index (κ1) is 22.0. The van der Waals surface area contributed by atoms with E-state index in [2.05, 4.69) is 0 Å². The van der Waals surface area contributed by atoms with Crippen LogP contribution < -0.4 is 0 Å². The molecule has 0 bridgehead atoms. The molecule has 0 spiro atoms. The van der Waals surface area contributed by atoms with Crippen molar-refractivity contribution in [1.29, 1.82) is 0 Å². The Morgan fingerprint density at radius 3 is 1.29 bits per heavy atom. The van der Waals surface area contributed by atoms with E-state index in [1.54, 1.807) is 0 Å². The predicted octanol–water partition coefficient (Wildman–Crippen LogP) is 4.84. The second kappa shape index (κ2) is 6.16. The molecule has 140 valence electrons. The average molecular weight is 388 g/mol. The number of allylic oxidation sites excluding steroid dienone is 3. The summed E-state index contributed by atoms with van der Waals surface area (Å²) in [5.74, 6) is -41.3. The Labute approximate surface area is 121 Å². The average Bonchev–Trinajstić information content (AvgIpc) is 2.41. The summed E-state index contributed by atoms with van der Waals surface area (Å²) in [7, 11) is 0. The van der Waals surface area contributed by atoms with Crippen LogP contribution in [0.15, 0.2) is 23.3 Å². The van der Waals surface area contributed by atoms with Gasteiger partial charge >= 0.3 is 29.9 Å². The van der Waals surface area contributed by atoms with E-state index in [4.69, 9.17) is 5.11 Å². The standard InChI is InChI=1S/C9HF13O2/c10-1(3(12)5(23)24)2(11)4(13)6(14,15)7(16,17)8(18,19)9(20,21)22/h(H,23,24)/b3-1+,4-2+. The highest BCUT2D eigenvalue weighted by Gasteiger charge is 2.83. The van der Waals surface area contributed by atoms with Crippen molar-refractivity contribution in [2.45, 2.75) is 23.9 Å². The Kier molecular flexibility index (Phi) is 5.66. The van der Waals surface area contributed by atoms with E-state index < -0.39 is 53.2 Å². The maximum absolute atomic E-state index is 12.8. The van der Waals surface area contributed by atoms with Crippen molar-refractivity contribution in [3.05, 3.63) is 23.3 Å². The first-order valence-corrected chi connectivity index (χ1v) is 4.88. The van der Waals surface area contributed by atoms with Gasteiger partial charge in [0.15, 0.2) is 5.83 Å². The smallest absolute Gasteiger partial charge is 0.460 e. The summed E-state index contributed by atoms with van der Waals surface area (Å²) in [5, 5.41) is 7.79. The molecule has 24 heavy (non-hydrogen) atoms. The van der Waals surface area contributed by atoms with Crippen molar-refractivity contribution in [1.82, 2.24) is 0 Å². The lowest BCUT2D eigenvalue weighted by Crippen LogP contribution is -2.61. The summed E-state index contributed by atoms with van der Waals surface area (Å²) in [4.78, 5) is 9.82. The molecule has 0 unspecified atom stereocenters. The normalized spacial score (nSPS) is 16.5. The van der Waals surface area contributed by atoms with E-state index >= 15 is 0 Å². The molecule has 0 saturated heterocycles. The van der Waals surface area contributed by atoms with Crippen LogP contribution >= 0.6 is 0 Å². The van der Waals surface area contributed by atoms with Crippen LogP contribution in [0, 0.1) is 0 Å². The zero-order valence-corrected chi connectivity index (χ0v) is 10.3. The molecule has 0 aliphatic rings. The third-order valence-electron chi connectivity index (χ3n) is 2.19. The molecule has 0 aliphatic heterocycles. The van der Waals surface area contributed by atoms with Gasteiger partial charge in [-0.15, -0.1) is 0 Å². The number of carbonyl (C=O) groups is 1. The summed E-state index contributed by atoms with van der Waals surface area (Å²) < 4.78 is 161. The minimum Gasteiger partial charge on any atom is -0.476 e. The minimum atomic E-state index is -7.68. The molecule has 1 N–H and O–H groups in total. The molecule has 0 atom stereocenters. The van der Waals surface area contributed by atoms with Crippen molar-refractivity contribution in [2.24, 2.45) is 0 Å². The molecule has 0 aromatic rings. The van der Waals surface area contributed by atoms with Crippen LogP contribution in [0.25, 0.3) is 0 Å². The van der Waals surface area contributed by atoms with Gasteiger partial charge in [0.25, 0.3) is 0 Å². The monoisotopic (exact) mass is 388 g/mol. The Morgan fingerprint density at radius 2 is 1.00 bits per heavy atom. The summed E-state index contributed by atoms with van der Waals surface area (Å²) in [6.07, 6.45) is -7.36. The molecule has 0 aromatic carbocycles. The highest BCUT2D eigenvalue weighted by molar-refractivity contribution is 5.85. The number of rotatable bonds is 5. The largest absolute Gasteiger partial charge is 0.476 e. The van der Waals surface area contributed by atoms with E-state index in [-0.39, 0.29) is 0 Å². The molecule has 0 amide bonds. The first-order valence-electron chi connectivity index (χ1n) is 4.88. The predicted molar refractivity (Wildman–Crippen MR) is 47.0 cm³/mol. The highest BCUT2D eigenvalue weighted by atomic mass is 19.4. The fourth-order valence-corrected chi connectivity index (χ4v) is 0.937. The van der Waals surface area contributed by atoms with Gasteiger partial charge in [-0.25, -0.2) is 18.0 Å². The van der Waals surface area contributed by atoms with Crippen molar-refractivity contribution in [2.75, 3.05) is 0 Å². The van der Waals surface area contributed by atoms with Crippen LogP contribution in [0.5, 0.6) is 0 Å². The van der Waals surface area contributed by atoms with Crippen molar-refractivity contribution < 1.29 is 67.0 Å². The SMILES string of the molecule is O=C(O)/C(F)=C(F)/C(F)=C(\F)C(F)(F)C(F)(F)C(F)(F)C(F)(F)F. The maximum Gasteiger partial charge on any atom is 0.460 e. The van der Waals surface area contributed by atoms with Gasteiger partial charge in [0, 0.05) is 0 Å².